The molecule has 1 aliphatic carbocycles. The zero-order valence-electron chi connectivity index (χ0n) is 11.4. The van der Waals surface area contributed by atoms with E-state index < -0.39 is 6.10 Å². The molecule has 0 radical (unpaired) electrons. The third kappa shape index (κ3) is 2.66. The highest BCUT2D eigenvalue weighted by Crippen LogP contribution is 2.43. The third-order valence-corrected chi connectivity index (χ3v) is 4.25. The van der Waals surface area contributed by atoms with Crippen LogP contribution in [0.1, 0.15) is 36.1 Å². The largest absolute Gasteiger partial charge is 0.387 e. The van der Waals surface area contributed by atoms with E-state index in [0.717, 1.165) is 15.7 Å². The Morgan fingerprint density at radius 1 is 1.40 bits per heavy atom. The van der Waals surface area contributed by atoms with Gasteiger partial charge in [0, 0.05) is 12.5 Å². The minimum atomic E-state index is -0.471. The first-order chi connectivity index (χ1) is 9.70. The van der Waals surface area contributed by atoms with E-state index in [1.54, 1.807) is 0 Å². The number of aliphatic hydroxyl groups excluding tert-OH is 1. The van der Waals surface area contributed by atoms with E-state index in [4.69, 9.17) is 0 Å². The van der Waals surface area contributed by atoms with Crippen LogP contribution in [0.25, 0.3) is 5.69 Å². The Labute approximate surface area is 126 Å². The SMILES string of the molecule is CNCC(O)c1ccc(-n2ncc(Br)c2C2CC2)cc1. The number of aliphatic hydroxyl groups is 1. The maximum absolute atomic E-state index is 9.95. The van der Waals surface area contributed by atoms with Crippen LogP contribution in [0.2, 0.25) is 0 Å². The van der Waals surface area contributed by atoms with Crippen LogP contribution in [0.4, 0.5) is 0 Å². The summed E-state index contributed by atoms with van der Waals surface area (Å²) in [5, 5.41) is 17.4. The quantitative estimate of drug-likeness (QED) is 0.883. The topological polar surface area (TPSA) is 50.1 Å². The van der Waals surface area contributed by atoms with Crippen molar-refractivity contribution in [1.29, 1.82) is 0 Å². The molecule has 2 aromatic rings. The third-order valence-electron chi connectivity index (χ3n) is 3.64. The van der Waals surface area contributed by atoms with Gasteiger partial charge in [0.15, 0.2) is 0 Å². The maximum Gasteiger partial charge on any atom is 0.0914 e. The molecular weight excluding hydrogens is 318 g/mol. The van der Waals surface area contributed by atoms with Gasteiger partial charge in [0.2, 0.25) is 0 Å². The molecule has 0 saturated heterocycles. The Morgan fingerprint density at radius 3 is 2.70 bits per heavy atom. The Morgan fingerprint density at radius 2 is 2.10 bits per heavy atom. The van der Waals surface area contributed by atoms with E-state index in [9.17, 15) is 5.11 Å². The summed E-state index contributed by atoms with van der Waals surface area (Å²) in [6, 6.07) is 7.95. The van der Waals surface area contributed by atoms with Gasteiger partial charge in [-0.15, -0.1) is 0 Å². The molecule has 0 amide bonds. The fraction of sp³-hybridized carbons (Fsp3) is 0.400. The number of nitrogens with zero attached hydrogens (tertiary/aromatic N) is 2. The molecule has 0 bridgehead atoms. The van der Waals surface area contributed by atoms with Gasteiger partial charge in [-0.2, -0.15) is 5.10 Å². The van der Waals surface area contributed by atoms with Crippen molar-refractivity contribution in [2.45, 2.75) is 24.9 Å². The van der Waals surface area contributed by atoms with Crippen LogP contribution in [-0.2, 0) is 0 Å². The molecule has 20 heavy (non-hydrogen) atoms. The van der Waals surface area contributed by atoms with Crippen molar-refractivity contribution in [2.24, 2.45) is 0 Å². The number of rotatable bonds is 5. The number of nitrogens with one attached hydrogen (secondary N) is 1. The van der Waals surface area contributed by atoms with E-state index in [2.05, 4.69) is 26.3 Å². The minimum Gasteiger partial charge on any atom is -0.387 e. The minimum absolute atomic E-state index is 0.471. The van der Waals surface area contributed by atoms with Gasteiger partial charge < -0.3 is 10.4 Å². The van der Waals surface area contributed by atoms with Crippen molar-refractivity contribution in [1.82, 2.24) is 15.1 Å². The summed E-state index contributed by atoms with van der Waals surface area (Å²) in [6.45, 7) is 0.556. The Bertz CT molecular complexity index is 590. The lowest BCUT2D eigenvalue weighted by Gasteiger charge is -2.12. The van der Waals surface area contributed by atoms with Crippen LogP contribution >= 0.6 is 15.9 Å². The Hall–Kier alpha value is -1.17. The molecule has 106 valence electrons. The predicted octanol–water partition coefficient (Wildman–Crippen LogP) is 2.77. The van der Waals surface area contributed by atoms with Crippen molar-refractivity contribution in [2.75, 3.05) is 13.6 Å². The molecular formula is C15H18BrN3O. The highest BCUT2D eigenvalue weighted by atomic mass is 79.9. The van der Waals surface area contributed by atoms with Crippen molar-refractivity contribution >= 4 is 15.9 Å². The van der Waals surface area contributed by atoms with Crippen LogP contribution in [0.3, 0.4) is 0 Å². The number of hydrogen-bond acceptors (Lipinski definition) is 3. The first-order valence-corrected chi connectivity index (χ1v) is 7.66. The molecule has 2 N–H and O–H groups in total. The average molecular weight is 336 g/mol. The first kappa shape index (κ1) is 13.8. The molecule has 1 aromatic carbocycles. The molecule has 1 fully saturated rings. The summed E-state index contributed by atoms with van der Waals surface area (Å²) >= 11 is 3.58. The number of aromatic nitrogens is 2. The summed E-state index contributed by atoms with van der Waals surface area (Å²) in [6.07, 6.45) is 3.87. The second kappa shape index (κ2) is 5.68. The first-order valence-electron chi connectivity index (χ1n) is 6.87. The van der Waals surface area contributed by atoms with Gasteiger partial charge in [-0.25, -0.2) is 4.68 Å². The monoisotopic (exact) mass is 335 g/mol. The van der Waals surface area contributed by atoms with Crippen molar-refractivity contribution in [3.63, 3.8) is 0 Å². The number of likely N-dealkylation sites (N-methyl/N-ethyl adjacent to an activating group) is 1. The smallest absolute Gasteiger partial charge is 0.0914 e. The standard InChI is InChI=1S/C15H18BrN3O/c1-17-9-14(20)10-4-6-12(7-5-10)19-15(11-2-3-11)13(16)8-18-19/h4-8,11,14,17,20H,2-3,9H2,1H3. The van der Waals surface area contributed by atoms with E-state index in [-0.39, 0.29) is 0 Å². The van der Waals surface area contributed by atoms with Crippen LogP contribution in [0, 0.1) is 0 Å². The molecule has 0 aliphatic heterocycles. The number of benzene rings is 1. The number of hydrogen-bond donors (Lipinski definition) is 2. The second-order valence-electron chi connectivity index (χ2n) is 5.23. The van der Waals surface area contributed by atoms with Gasteiger partial charge in [-0.05, 0) is 53.5 Å². The van der Waals surface area contributed by atoms with Crippen LogP contribution in [0.15, 0.2) is 34.9 Å². The van der Waals surface area contributed by atoms with E-state index in [1.807, 2.05) is 42.2 Å². The normalized spacial score (nSPS) is 16.4. The molecule has 1 aliphatic rings. The Balaban J connectivity index is 1.88. The van der Waals surface area contributed by atoms with E-state index in [1.165, 1.54) is 18.5 Å². The lowest BCUT2D eigenvalue weighted by molar-refractivity contribution is 0.178. The zero-order chi connectivity index (χ0) is 14.1. The summed E-state index contributed by atoms with van der Waals surface area (Å²) in [4.78, 5) is 0. The van der Waals surface area contributed by atoms with Gasteiger partial charge in [-0.1, -0.05) is 12.1 Å². The van der Waals surface area contributed by atoms with Crippen molar-refractivity contribution in [3.05, 3.63) is 46.2 Å². The molecule has 1 aromatic heterocycles. The van der Waals surface area contributed by atoms with Crippen LogP contribution < -0.4 is 5.32 Å². The summed E-state index contributed by atoms with van der Waals surface area (Å²) in [5.41, 5.74) is 3.22. The van der Waals surface area contributed by atoms with Gasteiger partial charge in [0.05, 0.1) is 28.2 Å². The fourth-order valence-corrected chi connectivity index (χ4v) is 3.00. The summed E-state index contributed by atoms with van der Waals surface area (Å²) in [7, 11) is 1.83. The van der Waals surface area contributed by atoms with Gasteiger partial charge in [0.1, 0.15) is 0 Å². The predicted molar refractivity (Wildman–Crippen MR) is 82.1 cm³/mol. The molecule has 1 saturated carbocycles. The van der Waals surface area contributed by atoms with Gasteiger partial charge >= 0.3 is 0 Å². The lowest BCUT2D eigenvalue weighted by Crippen LogP contribution is -2.16. The number of halogens is 1. The van der Waals surface area contributed by atoms with Crippen LogP contribution in [-0.4, -0.2) is 28.5 Å². The van der Waals surface area contributed by atoms with Crippen molar-refractivity contribution in [3.8, 4) is 5.69 Å². The molecule has 4 nitrogen and oxygen atoms in total. The summed E-state index contributed by atoms with van der Waals surface area (Å²) in [5.74, 6) is 0.626. The van der Waals surface area contributed by atoms with E-state index >= 15 is 0 Å². The zero-order valence-corrected chi connectivity index (χ0v) is 13.0. The highest BCUT2D eigenvalue weighted by Gasteiger charge is 2.30. The molecule has 1 heterocycles. The molecule has 3 rings (SSSR count). The molecule has 1 atom stereocenters. The average Bonchev–Trinajstić information content (AvgIpc) is 3.22. The molecule has 1 unspecified atom stereocenters. The highest BCUT2D eigenvalue weighted by molar-refractivity contribution is 9.10. The Kier molecular flexibility index (Phi) is 3.92. The van der Waals surface area contributed by atoms with E-state index in [0.29, 0.717) is 12.5 Å². The van der Waals surface area contributed by atoms with Crippen molar-refractivity contribution < 1.29 is 5.11 Å². The van der Waals surface area contributed by atoms with Gasteiger partial charge in [-0.3, -0.25) is 0 Å². The maximum atomic E-state index is 9.95. The molecule has 0 spiro atoms. The lowest BCUT2D eigenvalue weighted by atomic mass is 10.1. The fourth-order valence-electron chi connectivity index (χ4n) is 2.42. The second-order valence-corrected chi connectivity index (χ2v) is 6.08. The molecule has 5 heteroatoms. The summed E-state index contributed by atoms with van der Waals surface area (Å²) < 4.78 is 3.08. The van der Waals surface area contributed by atoms with Gasteiger partial charge in [0.25, 0.3) is 0 Å². The van der Waals surface area contributed by atoms with Crippen LogP contribution in [0.5, 0.6) is 0 Å².